The molecule has 2 N–H and O–H groups in total. The maximum absolute atomic E-state index is 11.9. The van der Waals surface area contributed by atoms with Gasteiger partial charge in [-0.1, -0.05) is 17.3 Å². The number of aryl methyl sites for hydroxylation is 1. The molecule has 6 heteroatoms. The number of carbonyl (C=O) groups excluding carboxylic acids is 1. The molecule has 0 atom stereocenters. The maximum Gasteiger partial charge on any atom is 0.243 e. The third kappa shape index (κ3) is 3.74. The van der Waals surface area contributed by atoms with Crippen molar-refractivity contribution in [3.8, 4) is 5.75 Å². The maximum atomic E-state index is 11.9. The standard InChI is InChI=1S/C14H17N3O3/c1-3-19-12-7-5-4-6-11(12)16-14(18)9-15-13-8-10(2)20-17-13/h4-8H,3,9H2,1-2H3,(H,15,17)(H,16,18). The quantitative estimate of drug-likeness (QED) is 0.846. The Morgan fingerprint density at radius 1 is 1.40 bits per heavy atom. The van der Waals surface area contributed by atoms with Gasteiger partial charge in [0.2, 0.25) is 5.91 Å². The Bertz CT molecular complexity index is 581. The summed E-state index contributed by atoms with van der Waals surface area (Å²) in [5.41, 5.74) is 0.650. The highest BCUT2D eigenvalue weighted by molar-refractivity contribution is 5.94. The summed E-state index contributed by atoms with van der Waals surface area (Å²) in [6, 6.07) is 9.03. The molecule has 0 aliphatic rings. The third-order valence-electron chi connectivity index (χ3n) is 2.52. The number of benzene rings is 1. The first kappa shape index (κ1) is 13.9. The molecule has 1 aromatic carbocycles. The molecular formula is C14H17N3O3. The second kappa shape index (κ2) is 6.60. The molecule has 1 amide bonds. The van der Waals surface area contributed by atoms with Crippen molar-refractivity contribution >= 4 is 17.4 Å². The highest BCUT2D eigenvalue weighted by atomic mass is 16.5. The molecular weight excluding hydrogens is 258 g/mol. The predicted octanol–water partition coefficient (Wildman–Crippen LogP) is 2.43. The number of carbonyl (C=O) groups is 1. The van der Waals surface area contributed by atoms with Gasteiger partial charge >= 0.3 is 0 Å². The van der Waals surface area contributed by atoms with Gasteiger partial charge in [0.05, 0.1) is 18.8 Å². The van der Waals surface area contributed by atoms with Crippen molar-refractivity contribution in [2.75, 3.05) is 23.8 Å². The highest BCUT2D eigenvalue weighted by Crippen LogP contribution is 2.23. The van der Waals surface area contributed by atoms with Crippen molar-refractivity contribution in [1.29, 1.82) is 0 Å². The molecule has 0 spiro atoms. The number of ether oxygens (including phenoxy) is 1. The van der Waals surface area contributed by atoms with Crippen LogP contribution in [-0.4, -0.2) is 24.2 Å². The van der Waals surface area contributed by atoms with E-state index in [4.69, 9.17) is 9.26 Å². The Balaban J connectivity index is 1.91. The Morgan fingerprint density at radius 3 is 2.90 bits per heavy atom. The molecule has 0 aliphatic carbocycles. The van der Waals surface area contributed by atoms with Crippen LogP contribution in [0, 0.1) is 6.92 Å². The summed E-state index contributed by atoms with van der Waals surface area (Å²) in [5.74, 6) is 1.70. The molecule has 2 aromatic rings. The van der Waals surface area contributed by atoms with Crippen LogP contribution in [0.4, 0.5) is 11.5 Å². The first-order chi connectivity index (χ1) is 9.69. The molecule has 1 heterocycles. The molecule has 6 nitrogen and oxygen atoms in total. The fraction of sp³-hybridized carbons (Fsp3) is 0.286. The Labute approximate surface area is 117 Å². The topological polar surface area (TPSA) is 76.4 Å². The summed E-state index contributed by atoms with van der Waals surface area (Å²) in [4.78, 5) is 11.9. The lowest BCUT2D eigenvalue weighted by molar-refractivity contribution is -0.114. The van der Waals surface area contributed by atoms with Gasteiger partial charge in [0.1, 0.15) is 11.5 Å². The van der Waals surface area contributed by atoms with E-state index in [-0.39, 0.29) is 12.5 Å². The summed E-state index contributed by atoms with van der Waals surface area (Å²) in [7, 11) is 0. The van der Waals surface area contributed by atoms with Gasteiger partial charge in [-0.25, -0.2) is 0 Å². The van der Waals surface area contributed by atoms with Crippen LogP contribution in [0.5, 0.6) is 5.75 Å². The van der Waals surface area contributed by atoms with E-state index in [1.807, 2.05) is 25.1 Å². The summed E-state index contributed by atoms with van der Waals surface area (Å²) in [6.07, 6.45) is 0. The zero-order valence-electron chi connectivity index (χ0n) is 11.5. The lowest BCUT2D eigenvalue weighted by Crippen LogP contribution is -2.22. The van der Waals surface area contributed by atoms with Crippen LogP contribution in [-0.2, 0) is 4.79 Å². The smallest absolute Gasteiger partial charge is 0.243 e. The summed E-state index contributed by atoms with van der Waals surface area (Å²) in [5, 5.41) is 9.42. The fourth-order valence-electron chi connectivity index (χ4n) is 1.67. The normalized spacial score (nSPS) is 10.1. The van der Waals surface area contributed by atoms with Crippen LogP contribution in [0.15, 0.2) is 34.9 Å². The average molecular weight is 275 g/mol. The molecule has 0 saturated heterocycles. The minimum Gasteiger partial charge on any atom is -0.492 e. The number of para-hydroxylation sites is 2. The first-order valence-corrected chi connectivity index (χ1v) is 6.38. The van der Waals surface area contributed by atoms with Crippen LogP contribution in [0.2, 0.25) is 0 Å². The molecule has 20 heavy (non-hydrogen) atoms. The van der Waals surface area contributed by atoms with E-state index in [0.717, 1.165) is 0 Å². The molecule has 0 aliphatic heterocycles. The van der Waals surface area contributed by atoms with E-state index in [2.05, 4.69) is 15.8 Å². The fourth-order valence-corrected chi connectivity index (χ4v) is 1.67. The molecule has 0 bridgehead atoms. The zero-order valence-corrected chi connectivity index (χ0v) is 11.5. The molecule has 0 saturated carbocycles. The highest BCUT2D eigenvalue weighted by Gasteiger charge is 2.08. The van der Waals surface area contributed by atoms with Crippen molar-refractivity contribution in [3.63, 3.8) is 0 Å². The zero-order chi connectivity index (χ0) is 14.4. The predicted molar refractivity (Wildman–Crippen MR) is 76.0 cm³/mol. The number of nitrogens with zero attached hydrogens (tertiary/aromatic N) is 1. The second-order valence-electron chi connectivity index (χ2n) is 4.15. The monoisotopic (exact) mass is 275 g/mol. The van der Waals surface area contributed by atoms with Gasteiger partial charge in [-0.15, -0.1) is 0 Å². The largest absolute Gasteiger partial charge is 0.492 e. The average Bonchev–Trinajstić information content (AvgIpc) is 2.85. The van der Waals surface area contributed by atoms with Gasteiger partial charge in [-0.3, -0.25) is 4.79 Å². The van der Waals surface area contributed by atoms with E-state index < -0.39 is 0 Å². The van der Waals surface area contributed by atoms with Crippen LogP contribution in [0.1, 0.15) is 12.7 Å². The van der Waals surface area contributed by atoms with Gasteiger partial charge < -0.3 is 19.9 Å². The molecule has 2 rings (SSSR count). The number of hydrogen-bond donors (Lipinski definition) is 2. The van der Waals surface area contributed by atoms with E-state index >= 15 is 0 Å². The van der Waals surface area contributed by atoms with Gasteiger partial charge in [-0.2, -0.15) is 0 Å². The van der Waals surface area contributed by atoms with Gasteiger partial charge in [0.25, 0.3) is 0 Å². The van der Waals surface area contributed by atoms with Gasteiger partial charge in [-0.05, 0) is 26.0 Å². The summed E-state index contributed by atoms with van der Waals surface area (Å²) >= 11 is 0. The van der Waals surface area contributed by atoms with Crippen molar-refractivity contribution in [2.45, 2.75) is 13.8 Å². The van der Waals surface area contributed by atoms with E-state index in [9.17, 15) is 4.79 Å². The minimum absolute atomic E-state index is 0.104. The molecule has 0 fully saturated rings. The number of amides is 1. The van der Waals surface area contributed by atoms with Crippen LogP contribution in [0.3, 0.4) is 0 Å². The summed E-state index contributed by atoms with van der Waals surface area (Å²) < 4.78 is 10.3. The number of anilines is 2. The van der Waals surface area contributed by atoms with E-state index in [1.165, 1.54) is 0 Å². The number of hydrogen-bond acceptors (Lipinski definition) is 5. The number of aromatic nitrogens is 1. The molecule has 0 radical (unpaired) electrons. The number of rotatable bonds is 6. The van der Waals surface area contributed by atoms with E-state index in [0.29, 0.717) is 29.6 Å². The lowest BCUT2D eigenvalue weighted by Gasteiger charge is -2.11. The van der Waals surface area contributed by atoms with Crippen LogP contribution >= 0.6 is 0 Å². The van der Waals surface area contributed by atoms with Crippen molar-refractivity contribution in [3.05, 3.63) is 36.1 Å². The molecule has 106 valence electrons. The van der Waals surface area contributed by atoms with Crippen molar-refractivity contribution in [1.82, 2.24) is 5.16 Å². The van der Waals surface area contributed by atoms with Crippen molar-refractivity contribution in [2.24, 2.45) is 0 Å². The Hall–Kier alpha value is -2.50. The third-order valence-corrected chi connectivity index (χ3v) is 2.52. The Kier molecular flexibility index (Phi) is 4.60. The Morgan fingerprint density at radius 2 is 2.20 bits per heavy atom. The van der Waals surface area contributed by atoms with Crippen LogP contribution < -0.4 is 15.4 Å². The second-order valence-corrected chi connectivity index (χ2v) is 4.15. The lowest BCUT2D eigenvalue weighted by atomic mass is 10.3. The summed E-state index contributed by atoms with van der Waals surface area (Å²) in [6.45, 7) is 4.33. The molecule has 0 unspecified atom stereocenters. The first-order valence-electron chi connectivity index (χ1n) is 6.38. The minimum atomic E-state index is -0.183. The van der Waals surface area contributed by atoms with Gasteiger partial charge in [0, 0.05) is 6.07 Å². The van der Waals surface area contributed by atoms with E-state index in [1.54, 1.807) is 19.1 Å². The SMILES string of the molecule is CCOc1ccccc1NC(=O)CNc1cc(C)on1. The molecule has 1 aromatic heterocycles. The number of nitrogens with one attached hydrogen (secondary N) is 2. The van der Waals surface area contributed by atoms with Crippen molar-refractivity contribution < 1.29 is 14.1 Å². The van der Waals surface area contributed by atoms with Gasteiger partial charge in [0.15, 0.2) is 5.82 Å². The van der Waals surface area contributed by atoms with Crippen LogP contribution in [0.25, 0.3) is 0 Å².